The van der Waals surface area contributed by atoms with Gasteiger partial charge in [-0.2, -0.15) is 13.2 Å². The van der Waals surface area contributed by atoms with Gasteiger partial charge in [0.15, 0.2) is 6.10 Å². The summed E-state index contributed by atoms with van der Waals surface area (Å²) in [6, 6.07) is 0. The number of rotatable bonds is 5. The molecule has 2 N–H and O–H groups in total. The molecule has 1 unspecified atom stereocenters. The van der Waals surface area contributed by atoms with Gasteiger partial charge in [0.05, 0.1) is 5.60 Å². The molecule has 0 radical (unpaired) electrons. The number of hydrogen-bond donors (Lipinski definition) is 2. The van der Waals surface area contributed by atoms with Crippen molar-refractivity contribution in [2.24, 2.45) is 0 Å². The second kappa shape index (κ2) is 4.95. The Kier molecular flexibility index (Phi) is 4.83. The van der Waals surface area contributed by atoms with E-state index in [1.165, 1.54) is 7.11 Å². The van der Waals surface area contributed by atoms with Crippen LogP contribution in [0, 0.1) is 0 Å². The highest BCUT2D eigenvalue weighted by Gasteiger charge is 2.37. The maximum absolute atomic E-state index is 11.8. The third-order valence-corrected chi connectivity index (χ3v) is 1.82. The number of methoxy groups -OCH3 is 1. The third-order valence-electron chi connectivity index (χ3n) is 1.82. The summed E-state index contributed by atoms with van der Waals surface area (Å²) in [6.07, 6.45) is -6.89. The van der Waals surface area contributed by atoms with Gasteiger partial charge in [-0.3, -0.25) is 0 Å². The molecule has 0 saturated carbocycles. The largest absolute Gasteiger partial charge is 0.415 e. The molecule has 0 amide bonds. The molecule has 86 valence electrons. The van der Waals surface area contributed by atoms with Crippen molar-refractivity contribution in [3.05, 3.63) is 0 Å². The van der Waals surface area contributed by atoms with Gasteiger partial charge in [-0.1, -0.05) is 0 Å². The first-order valence-electron chi connectivity index (χ1n) is 4.20. The summed E-state index contributed by atoms with van der Waals surface area (Å²) in [7, 11) is 1.47. The van der Waals surface area contributed by atoms with Crippen molar-refractivity contribution < 1.29 is 23.0 Å². The number of ether oxygens (including phenoxy) is 1. The van der Waals surface area contributed by atoms with Crippen molar-refractivity contribution in [1.29, 1.82) is 0 Å². The van der Waals surface area contributed by atoms with Gasteiger partial charge in [-0.15, -0.1) is 0 Å². The zero-order valence-electron chi connectivity index (χ0n) is 8.48. The topological polar surface area (TPSA) is 41.5 Å². The van der Waals surface area contributed by atoms with Gasteiger partial charge in [0.25, 0.3) is 0 Å². The molecule has 0 aromatic carbocycles. The van der Waals surface area contributed by atoms with Crippen molar-refractivity contribution in [1.82, 2.24) is 5.32 Å². The summed E-state index contributed by atoms with van der Waals surface area (Å²) < 4.78 is 40.5. The number of aliphatic hydroxyl groups is 1. The molecule has 0 bridgehead atoms. The Hall–Kier alpha value is -0.330. The fourth-order valence-corrected chi connectivity index (χ4v) is 0.698. The lowest BCUT2D eigenvalue weighted by molar-refractivity contribution is -0.202. The number of aliphatic hydroxyl groups excluding tert-OH is 1. The summed E-state index contributed by atoms with van der Waals surface area (Å²) in [5, 5.41) is 11.1. The number of hydrogen-bond acceptors (Lipinski definition) is 3. The minimum Gasteiger partial charge on any atom is -0.382 e. The van der Waals surface area contributed by atoms with Crippen molar-refractivity contribution in [3.63, 3.8) is 0 Å². The van der Waals surface area contributed by atoms with E-state index in [4.69, 9.17) is 9.84 Å². The quantitative estimate of drug-likeness (QED) is 0.716. The molecular weight excluding hydrogens is 199 g/mol. The average molecular weight is 215 g/mol. The first-order chi connectivity index (χ1) is 6.19. The molecule has 1 atom stereocenters. The molecule has 0 heterocycles. The maximum Gasteiger partial charge on any atom is 0.415 e. The van der Waals surface area contributed by atoms with Crippen LogP contribution in [0.25, 0.3) is 0 Å². The third kappa shape index (κ3) is 5.41. The Labute approximate surface area is 81.2 Å². The lowest BCUT2D eigenvalue weighted by atomic mass is 10.1. The Morgan fingerprint density at radius 3 is 2.21 bits per heavy atom. The summed E-state index contributed by atoms with van der Waals surface area (Å²) in [5.41, 5.74) is -0.536. The Morgan fingerprint density at radius 1 is 1.36 bits per heavy atom. The van der Waals surface area contributed by atoms with Crippen LogP contribution in [0.3, 0.4) is 0 Å². The molecule has 0 aliphatic carbocycles. The van der Waals surface area contributed by atoms with E-state index in [0.717, 1.165) is 0 Å². The van der Waals surface area contributed by atoms with Crippen molar-refractivity contribution in [2.75, 3.05) is 20.2 Å². The van der Waals surface area contributed by atoms with Crippen LogP contribution in [0.1, 0.15) is 13.8 Å². The first kappa shape index (κ1) is 13.7. The van der Waals surface area contributed by atoms with Crippen LogP contribution < -0.4 is 5.32 Å². The molecule has 14 heavy (non-hydrogen) atoms. The fourth-order valence-electron chi connectivity index (χ4n) is 0.698. The Bertz CT molecular complexity index is 170. The van der Waals surface area contributed by atoms with Gasteiger partial charge < -0.3 is 15.2 Å². The minimum atomic E-state index is -4.57. The van der Waals surface area contributed by atoms with Gasteiger partial charge in [0, 0.05) is 20.2 Å². The molecule has 6 heteroatoms. The lowest BCUT2D eigenvalue weighted by Crippen LogP contribution is -2.44. The van der Waals surface area contributed by atoms with Crippen molar-refractivity contribution >= 4 is 0 Å². The maximum atomic E-state index is 11.8. The number of alkyl halides is 3. The van der Waals surface area contributed by atoms with E-state index >= 15 is 0 Å². The second-order valence-electron chi connectivity index (χ2n) is 3.65. The normalized spacial score (nSPS) is 15.6. The molecule has 0 aliphatic heterocycles. The Morgan fingerprint density at radius 2 is 1.86 bits per heavy atom. The molecule has 0 aromatic rings. The van der Waals surface area contributed by atoms with Crippen LogP contribution in [-0.2, 0) is 4.74 Å². The predicted molar refractivity (Wildman–Crippen MR) is 46.0 cm³/mol. The van der Waals surface area contributed by atoms with Gasteiger partial charge in [0.1, 0.15) is 0 Å². The predicted octanol–water partition coefficient (Wildman–Crippen LogP) is 0.924. The molecule has 0 saturated heterocycles. The molecule has 0 aliphatic rings. The molecule has 0 rings (SSSR count). The number of halogens is 3. The standard InChI is InChI=1S/C8H16F3NO2/c1-7(2,14-3)5-12-4-6(13)8(9,10)11/h6,12-13H,4-5H2,1-3H3. The highest BCUT2D eigenvalue weighted by Crippen LogP contribution is 2.19. The van der Waals surface area contributed by atoms with Crippen LogP contribution in [0.4, 0.5) is 13.2 Å². The second-order valence-corrected chi connectivity index (χ2v) is 3.65. The average Bonchev–Trinajstić information content (AvgIpc) is 2.02. The van der Waals surface area contributed by atoms with Crippen LogP contribution in [0.2, 0.25) is 0 Å². The number of nitrogens with one attached hydrogen (secondary N) is 1. The van der Waals surface area contributed by atoms with E-state index in [2.05, 4.69) is 5.32 Å². The van der Waals surface area contributed by atoms with E-state index in [-0.39, 0.29) is 6.54 Å². The minimum absolute atomic E-state index is 0.247. The molecule has 0 fully saturated rings. The summed E-state index contributed by atoms with van der Waals surface area (Å²) in [5.74, 6) is 0. The first-order valence-corrected chi connectivity index (χ1v) is 4.20. The molecule has 0 spiro atoms. The summed E-state index contributed by atoms with van der Waals surface area (Å²) >= 11 is 0. The van der Waals surface area contributed by atoms with E-state index in [9.17, 15) is 13.2 Å². The van der Waals surface area contributed by atoms with Crippen molar-refractivity contribution in [2.45, 2.75) is 31.7 Å². The van der Waals surface area contributed by atoms with Crippen LogP contribution in [-0.4, -0.2) is 43.2 Å². The molecule has 0 aromatic heterocycles. The van der Waals surface area contributed by atoms with Crippen molar-refractivity contribution in [3.8, 4) is 0 Å². The lowest BCUT2D eigenvalue weighted by Gasteiger charge is -2.24. The zero-order valence-corrected chi connectivity index (χ0v) is 8.48. The summed E-state index contributed by atoms with van der Waals surface area (Å²) in [4.78, 5) is 0. The fraction of sp³-hybridized carbons (Fsp3) is 1.00. The van der Waals surface area contributed by atoms with Crippen LogP contribution in [0.5, 0.6) is 0 Å². The van der Waals surface area contributed by atoms with Gasteiger partial charge in [-0.25, -0.2) is 0 Å². The van der Waals surface area contributed by atoms with E-state index in [1.54, 1.807) is 13.8 Å². The van der Waals surface area contributed by atoms with Gasteiger partial charge in [-0.05, 0) is 13.8 Å². The van der Waals surface area contributed by atoms with Gasteiger partial charge in [0.2, 0.25) is 0 Å². The highest BCUT2D eigenvalue weighted by atomic mass is 19.4. The van der Waals surface area contributed by atoms with Crippen LogP contribution in [0.15, 0.2) is 0 Å². The van der Waals surface area contributed by atoms with E-state index < -0.39 is 24.4 Å². The zero-order chi connectivity index (χ0) is 11.4. The highest BCUT2D eigenvalue weighted by molar-refractivity contribution is 4.74. The SMILES string of the molecule is COC(C)(C)CNCC(O)C(F)(F)F. The van der Waals surface area contributed by atoms with Gasteiger partial charge >= 0.3 is 6.18 Å². The smallest absolute Gasteiger partial charge is 0.382 e. The summed E-state index contributed by atoms with van der Waals surface area (Å²) in [6.45, 7) is 3.20. The molecule has 3 nitrogen and oxygen atoms in total. The van der Waals surface area contributed by atoms with E-state index in [0.29, 0.717) is 0 Å². The monoisotopic (exact) mass is 215 g/mol. The van der Waals surface area contributed by atoms with E-state index in [1.807, 2.05) is 0 Å². The molecular formula is C8H16F3NO2. The Balaban J connectivity index is 3.75. The van der Waals surface area contributed by atoms with Crippen LogP contribution >= 0.6 is 0 Å².